The molecule has 0 aliphatic carbocycles. The smallest absolute Gasteiger partial charge is 0.120 e. The lowest BCUT2D eigenvalue weighted by atomic mass is 10.1. The van der Waals surface area contributed by atoms with E-state index in [1.807, 2.05) is 54.7 Å². The Morgan fingerprint density at radius 2 is 1.91 bits per heavy atom. The van der Waals surface area contributed by atoms with Crippen molar-refractivity contribution < 1.29 is 9.84 Å². The standard InChI is InChI=1S/C18H20N2O2.ClH/c19-15(11-21)8-14-10-20-18-7-6-16(9-17(14)18)22-12-13-4-2-1-3-5-13;/h1-7,9-10,15,20-21H,8,11-12,19H2;1H. The van der Waals surface area contributed by atoms with E-state index >= 15 is 0 Å². The van der Waals surface area contributed by atoms with Gasteiger partial charge in [-0.05, 0) is 35.7 Å². The zero-order valence-electron chi connectivity index (χ0n) is 12.7. The van der Waals surface area contributed by atoms with Gasteiger partial charge in [0, 0.05) is 23.1 Å². The van der Waals surface area contributed by atoms with Crippen molar-refractivity contribution in [2.24, 2.45) is 5.73 Å². The maximum atomic E-state index is 9.11. The average molecular weight is 333 g/mol. The molecule has 0 amide bonds. The van der Waals surface area contributed by atoms with E-state index in [0.29, 0.717) is 13.0 Å². The van der Waals surface area contributed by atoms with Crippen molar-refractivity contribution in [1.82, 2.24) is 4.98 Å². The molecule has 1 atom stereocenters. The summed E-state index contributed by atoms with van der Waals surface area (Å²) < 4.78 is 5.86. The fraction of sp³-hybridized carbons (Fsp3) is 0.222. The zero-order chi connectivity index (χ0) is 15.4. The van der Waals surface area contributed by atoms with E-state index in [-0.39, 0.29) is 25.1 Å². The number of hydrogen-bond donors (Lipinski definition) is 3. The second kappa shape index (κ2) is 8.02. The van der Waals surface area contributed by atoms with Crippen LogP contribution in [0, 0.1) is 0 Å². The maximum absolute atomic E-state index is 9.11. The molecule has 3 aromatic rings. The van der Waals surface area contributed by atoms with Crippen molar-refractivity contribution in [3.8, 4) is 5.75 Å². The predicted molar refractivity (Wildman–Crippen MR) is 95.1 cm³/mol. The van der Waals surface area contributed by atoms with Gasteiger partial charge in [0.2, 0.25) is 0 Å². The molecule has 0 saturated carbocycles. The quantitative estimate of drug-likeness (QED) is 0.649. The van der Waals surface area contributed by atoms with Crippen molar-refractivity contribution in [3.05, 3.63) is 65.9 Å². The summed E-state index contributed by atoms with van der Waals surface area (Å²) in [6.45, 7) is 0.527. The average Bonchev–Trinajstić information content (AvgIpc) is 2.96. The van der Waals surface area contributed by atoms with Crippen LogP contribution in [-0.4, -0.2) is 22.7 Å². The molecule has 1 aromatic heterocycles. The second-order valence-electron chi connectivity index (χ2n) is 5.44. The molecule has 4 N–H and O–H groups in total. The summed E-state index contributed by atoms with van der Waals surface area (Å²) in [5.74, 6) is 0.828. The van der Waals surface area contributed by atoms with Crippen LogP contribution >= 0.6 is 12.4 Å². The highest BCUT2D eigenvalue weighted by Gasteiger charge is 2.09. The van der Waals surface area contributed by atoms with Crippen LogP contribution in [-0.2, 0) is 13.0 Å². The summed E-state index contributed by atoms with van der Waals surface area (Å²) in [6.07, 6.45) is 2.58. The number of aliphatic hydroxyl groups is 1. The summed E-state index contributed by atoms with van der Waals surface area (Å²) in [5, 5.41) is 10.2. The van der Waals surface area contributed by atoms with E-state index in [9.17, 15) is 0 Å². The van der Waals surface area contributed by atoms with Gasteiger partial charge in [-0.25, -0.2) is 0 Å². The Morgan fingerprint density at radius 3 is 2.65 bits per heavy atom. The highest BCUT2D eigenvalue weighted by atomic mass is 35.5. The molecule has 0 spiro atoms. The highest BCUT2D eigenvalue weighted by Crippen LogP contribution is 2.25. The lowest BCUT2D eigenvalue weighted by Gasteiger charge is -2.09. The third-order valence-electron chi connectivity index (χ3n) is 3.70. The van der Waals surface area contributed by atoms with Crippen LogP contribution in [0.1, 0.15) is 11.1 Å². The lowest BCUT2D eigenvalue weighted by Crippen LogP contribution is -2.26. The van der Waals surface area contributed by atoms with E-state index in [4.69, 9.17) is 15.6 Å². The van der Waals surface area contributed by atoms with Crippen molar-refractivity contribution in [2.75, 3.05) is 6.61 Å². The van der Waals surface area contributed by atoms with Gasteiger partial charge in [-0.1, -0.05) is 30.3 Å². The molecule has 0 aliphatic heterocycles. The Balaban J connectivity index is 0.00000192. The Kier molecular flexibility index (Phi) is 6.04. The molecular formula is C18H21ClN2O2. The van der Waals surface area contributed by atoms with Gasteiger partial charge in [0.25, 0.3) is 0 Å². The molecule has 23 heavy (non-hydrogen) atoms. The van der Waals surface area contributed by atoms with Gasteiger partial charge in [0.05, 0.1) is 6.61 Å². The number of ether oxygens (including phenoxy) is 1. The van der Waals surface area contributed by atoms with E-state index in [1.165, 1.54) is 0 Å². The Bertz CT molecular complexity index is 743. The van der Waals surface area contributed by atoms with Gasteiger partial charge >= 0.3 is 0 Å². The predicted octanol–water partition coefficient (Wildman–Crippen LogP) is 3.03. The van der Waals surface area contributed by atoms with Gasteiger partial charge in [0.1, 0.15) is 12.4 Å². The molecule has 0 radical (unpaired) electrons. The van der Waals surface area contributed by atoms with Gasteiger partial charge in [-0.3, -0.25) is 0 Å². The van der Waals surface area contributed by atoms with Crippen molar-refractivity contribution >= 4 is 23.3 Å². The molecule has 0 saturated heterocycles. The molecule has 5 heteroatoms. The second-order valence-corrected chi connectivity index (χ2v) is 5.44. The number of nitrogens with one attached hydrogen (secondary N) is 1. The number of benzene rings is 2. The van der Waals surface area contributed by atoms with Gasteiger partial charge < -0.3 is 20.6 Å². The van der Waals surface area contributed by atoms with E-state index in [2.05, 4.69) is 4.98 Å². The number of nitrogens with two attached hydrogens (primary N) is 1. The van der Waals surface area contributed by atoms with Crippen LogP contribution in [0.5, 0.6) is 5.75 Å². The van der Waals surface area contributed by atoms with Crippen molar-refractivity contribution in [2.45, 2.75) is 19.1 Å². The first-order valence-electron chi connectivity index (χ1n) is 7.39. The minimum atomic E-state index is -0.243. The molecule has 2 aromatic carbocycles. The topological polar surface area (TPSA) is 71.3 Å². The minimum absolute atomic E-state index is 0. The largest absolute Gasteiger partial charge is 0.489 e. The van der Waals surface area contributed by atoms with Crippen LogP contribution in [0.25, 0.3) is 10.9 Å². The van der Waals surface area contributed by atoms with Gasteiger partial charge in [-0.2, -0.15) is 0 Å². The number of H-pyrrole nitrogens is 1. The number of aromatic nitrogens is 1. The Morgan fingerprint density at radius 1 is 1.13 bits per heavy atom. The first-order valence-corrected chi connectivity index (χ1v) is 7.39. The molecule has 0 aliphatic rings. The summed E-state index contributed by atoms with van der Waals surface area (Å²) in [4.78, 5) is 3.23. The normalized spacial score (nSPS) is 11.9. The number of aromatic amines is 1. The molecule has 122 valence electrons. The summed E-state index contributed by atoms with van der Waals surface area (Å²) in [6, 6.07) is 15.8. The van der Waals surface area contributed by atoms with Crippen molar-refractivity contribution in [3.63, 3.8) is 0 Å². The zero-order valence-corrected chi connectivity index (χ0v) is 13.6. The lowest BCUT2D eigenvalue weighted by molar-refractivity contribution is 0.265. The van der Waals surface area contributed by atoms with E-state index in [0.717, 1.165) is 27.8 Å². The molecule has 0 fully saturated rings. The Hall–Kier alpha value is -2.01. The van der Waals surface area contributed by atoms with Gasteiger partial charge in [-0.15, -0.1) is 12.4 Å². The fourth-order valence-corrected chi connectivity index (χ4v) is 2.50. The molecule has 3 rings (SSSR count). The SMILES string of the molecule is Cl.NC(CO)Cc1c[nH]c2ccc(OCc3ccccc3)cc12. The van der Waals surface area contributed by atoms with Crippen molar-refractivity contribution in [1.29, 1.82) is 0 Å². The van der Waals surface area contributed by atoms with Crippen LogP contribution in [0.4, 0.5) is 0 Å². The number of rotatable bonds is 6. The molecular weight excluding hydrogens is 312 g/mol. The first kappa shape index (κ1) is 17.3. The fourth-order valence-electron chi connectivity index (χ4n) is 2.50. The van der Waals surface area contributed by atoms with E-state index in [1.54, 1.807) is 0 Å². The molecule has 1 heterocycles. The number of halogens is 1. The third-order valence-corrected chi connectivity index (χ3v) is 3.70. The maximum Gasteiger partial charge on any atom is 0.120 e. The first-order chi connectivity index (χ1) is 10.8. The van der Waals surface area contributed by atoms with Gasteiger partial charge in [0.15, 0.2) is 0 Å². The third kappa shape index (κ3) is 4.26. The molecule has 0 bridgehead atoms. The van der Waals surface area contributed by atoms with Crippen LogP contribution in [0.15, 0.2) is 54.7 Å². The number of aliphatic hydroxyl groups excluding tert-OH is 1. The molecule has 1 unspecified atom stereocenters. The summed E-state index contributed by atoms with van der Waals surface area (Å²) in [7, 11) is 0. The number of fused-ring (bicyclic) bond motifs is 1. The number of hydrogen-bond acceptors (Lipinski definition) is 3. The molecule has 4 nitrogen and oxygen atoms in total. The monoisotopic (exact) mass is 332 g/mol. The van der Waals surface area contributed by atoms with Crippen LogP contribution < -0.4 is 10.5 Å². The Labute approximate surface area is 141 Å². The summed E-state index contributed by atoms with van der Waals surface area (Å²) in [5.41, 5.74) is 9.12. The minimum Gasteiger partial charge on any atom is -0.489 e. The van der Waals surface area contributed by atoms with E-state index < -0.39 is 0 Å². The summed E-state index contributed by atoms with van der Waals surface area (Å²) >= 11 is 0. The van der Waals surface area contributed by atoms with Crippen LogP contribution in [0.3, 0.4) is 0 Å². The van der Waals surface area contributed by atoms with Crippen LogP contribution in [0.2, 0.25) is 0 Å². The highest BCUT2D eigenvalue weighted by molar-refractivity contribution is 5.85.